The van der Waals surface area contributed by atoms with Crippen LogP contribution in [-0.4, -0.2) is 22.4 Å². The largest absolute Gasteiger partial charge is 0.465 e. The highest BCUT2D eigenvalue weighted by atomic mass is 19.4. The Labute approximate surface area is 135 Å². The van der Waals surface area contributed by atoms with Gasteiger partial charge in [0.05, 0.1) is 23.3 Å². The zero-order valence-electron chi connectivity index (χ0n) is 12.9. The Bertz CT molecular complexity index is 854. The molecule has 3 rings (SSSR count). The predicted octanol–water partition coefficient (Wildman–Crippen LogP) is 2.86. The van der Waals surface area contributed by atoms with Gasteiger partial charge in [-0.25, -0.2) is 4.68 Å². The van der Waals surface area contributed by atoms with E-state index >= 15 is 0 Å². The van der Waals surface area contributed by atoms with Gasteiger partial charge in [-0.1, -0.05) is 0 Å². The normalized spacial score (nSPS) is 14.8. The molecule has 0 atom stereocenters. The van der Waals surface area contributed by atoms with Crippen LogP contribution in [0.15, 0.2) is 23.0 Å². The van der Waals surface area contributed by atoms with E-state index in [1.165, 1.54) is 0 Å². The molecule has 1 aromatic heterocycles. The fraction of sp³-hybridized carbons (Fsp3) is 0.438. The number of carbonyl (C=O) groups excluding carboxylic acids is 1. The van der Waals surface area contributed by atoms with Crippen LogP contribution in [0, 0.1) is 0 Å². The van der Waals surface area contributed by atoms with Crippen LogP contribution in [-0.2, 0) is 22.3 Å². The fourth-order valence-electron chi connectivity index (χ4n) is 2.58. The van der Waals surface area contributed by atoms with Crippen LogP contribution in [0.5, 0.6) is 0 Å². The number of benzene rings is 1. The summed E-state index contributed by atoms with van der Waals surface area (Å²) in [7, 11) is 0. The van der Waals surface area contributed by atoms with E-state index in [9.17, 15) is 22.8 Å². The zero-order chi connectivity index (χ0) is 17.5. The lowest BCUT2D eigenvalue weighted by Gasteiger charge is -2.12. The minimum Gasteiger partial charge on any atom is -0.465 e. The number of hydrogen-bond donors (Lipinski definition) is 0. The molecule has 0 amide bonds. The molecule has 0 aliphatic heterocycles. The molecule has 1 heterocycles. The number of nitrogens with zero attached hydrogens (tertiary/aromatic N) is 2. The molecule has 0 bridgehead atoms. The predicted molar refractivity (Wildman–Crippen MR) is 79.6 cm³/mol. The SMILES string of the molecule is CCOC(=O)Cn1nc(C2CC2)c2cc(C(F)(F)F)ccc2c1=O. The van der Waals surface area contributed by atoms with Crippen LogP contribution in [0.2, 0.25) is 0 Å². The minimum absolute atomic E-state index is 0.0185. The van der Waals surface area contributed by atoms with E-state index in [1.54, 1.807) is 6.92 Å². The maximum Gasteiger partial charge on any atom is 0.416 e. The smallest absolute Gasteiger partial charge is 0.416 e. The number of esters is 1. The van der Waals surface area contributed by atoms with Gasteiger partial charge >= 0.3 is 12.1 Å². The number of alkyl halides is 3. The first-order valence-electron chi connectivity index (χ1n) is 7.59. The second-order valence-electron chi connectivity index (χ2n) is 5.69. The lowest BCUT2D eigenvalue weighted by Crippen LogP contribution is -2.29. The van der Waals surface area contributed by atoms with E-state index in [0.717, 1.165) is 35.7 Å². The van der Waals surface area contributed by atoms with E-state index in [0.29, 0.717) is 5.69 Å². The Morgan fingerprint density at radius 1 is 1.33 bits per heavy atom. The summed E-state index contributed by atoms with van der Waals surface area (Å²) in [6, 6.07) is 2.98. The first-order chi connectivity index (χ1) is 11.3. The Hall–Kier alpha value is -2.38. The third-order valence-electron chi connectivity index (χ3n) is 3.86. The van der Waals surface area contributed by atoms with Crippen molar-refractivity contribution in [2.75, 3.05) is 6.61 Å². The summed E-state index contributed by atoms with van der Waals surface area (Å²) in [4.78, 5) is 24.0. The number of rotatable bonds is 4. The molecule has 1 saturated carbocycles. The average Bonchev–Trinajstić information content (AvgIpc) is 3.33. The summed E-state index contributed by atoms with van der Waals surface area (Å²) >= 11 is 0. The van der Waals surface area contributed by atoms with Crippen LogP contribution in [0.25, 0.3) is 10.8 Å². The van der Waals surface area contributed by atoms with Crippen molar-refractivity contribution in [1.29, 1.82) is 0 Å². The Balaban J connectivity index is 2.15. The van der Waals surface area contributed by atoms with Gasteiger partial charge in [0.2, 0.25) is 0 Å². The molecule has 1 aliphatic rings. The molecule has 1 fully saturated rings. The highest BCUT2D eigenvalue weighted by Gasteiger charge is 2.33. The number of ether oxygens (including phenoxy) is 1. The van der Waals surface area contributed by atoms with Crippen molar-refractivity contribution in [2.45, 2.75) is 38.4 Å². The molecule has 128 valence electrons. The van der Waals surface area contributed by atoms with Crippen molar-refractivity contribution in [3.05, 3.63) is 39.8 Å². The lowest BCUT2D eigenvalue weighted by molar-refractivity contribution is -0.144. The summed E-state index contributed by atoms with van der Waals surface area (Å²) in [5.41, 5.74) is -0.989. The number of hydrogen-bond acceptors (Lipinski definition) is 4. The number of fused-ring (bicyclic) bond motifs is 1. The zero-order valence-corrected chi connectivity index (χ0v) is 12.9. The van der Waals surface area contributed by atoms with E-state index in [-0.39, 0.29) is 29.8 Å². The highest BCUT2D eigenvalue weighted by Crippen LogP contribution is 2.42. The molecule has 0 N–H and O–H groups in total. The summed E-state index contributed by atoms with van der Waals surface area (Å²) in [5.74, 6) is -0.592. The summed E-state index contributed by atoms with van der Waals surface area (Å²) < 4.78 is 44.6. The number of halogens is 3. The van der Waals surface area contributed by atoms with Crippen LogP contribution < -0.4 is 5.56 Å². The number of aromatic nitrogens is 2. The molecule has 24 heavy (non-hydrogen) atoms. The lowest BCUT2D eigenvalue weighted by atomic mass is 10.0. The molecule has 0 radical (unpaired) electrons. The first kappa shape index (κ1) is 16.5. The monoisotopic (exact) mass is 340 g/mol. The van der Waals surface area contributed by atoms with Gasteiger partial charge in [-0.3, -0.25) is 9.59 Å². The molecule has 5 nitrogen and oxygen atoms in total. The van der Waals surface area contributed by atoms with E-state index < -0.39 is 23.3 Å². The molecule has 0 saturated heterocycles. The maximum absolute atomic E-state index is 12.9. The van der Waals surface area contributed by atoms with Gasteiger partial charge < -0.3 is 4.74 Å². The van der Waals surface area contributed by atoms with Gasteiger partial charge in [-0.05, 0) is 38.0 Å². The summed E-state index contributed by atoms with van der Waals surface area (Å²) in [5, 5.41) is 4.48. The standard InChI is InChI=1S/C16H15F3N2O3/c1-2-24-13(22)8-21-15(23)11-6-5-10(16(17,18)19)7-12(11)14(20-21)9-3-4-9/h5-7,9H,2-4,8H2,1H3. The molecule has 1 aliphatic carbocycles. The molecule has 0 unspecified atom stereocenters. The third kappa shape index (κ3) is 3.13. The van der Waals surface area contributed by atoms with Crippen LogP contribution in [0.1, 0.15) is 36.9 Å². The van der Waals surface area contributed by atoms with Gasteiger partial charge in [-0.2, -0.15) is 18.3 Å². The van der Waals surface area contributed by atoms with Crippen molar-refractivity contribution in [1.82, 2.24) is 9.78 Å². The topological polar surface area (TPSA) is 61.2 Å². The molecule has 8 heteroatoms. The van der Waals surface area contributed by atoms with Gasteiger partial charge in [-0.15, -0.1) is 0 Å². The highest BCUT2D eigenvalue weighted by molar-refractivity contribution is 5.85. The van der Waals surface area contributed by atoms with Crippen molar-refractivity contribution in [3.8, 4) is 0 Å². The quantitative estimate of drug-likeness (QED) is 0.803. The third-order valence-corrected chi connectivity index (χ3v) is 3.86. The van der Waals surface area contributed by atoms with Crippen molar-refractivity contribution >= 4 is 16.7 Å². The average molecular weight is 340 g/mol. The van der Waals surface area contributed by atoms with Crippen LogP contribution in [0.4, 0.5) is 13.2 Å². The molecule has 2 aromatic rings. The van der Waals surface area contributed by atoms with Crippen molar-refractivity contribution in [2.24, 2.45) is 0 Å². The van der Waals surface area contributed by atoms with Gasteiger partial charge in [0, 0.05) is 11.3 Å². The van der Waals surface area contributed by atoms with Gasteiger partial charge in [0.25, 0.3) is 5.56 Å². The van der Waals surface area contributed by atoms with Gasteiger partial charge in [0.1, 0.15) is 6.54 Å². The Kier molecular flexibility index (Phi) is 4.06. The number of carbonyl (C=O) groups is 1. The van der Waals surface area contributed by atoms with Gasteiger partial charge in [0.15, 0.2) is 0 Å². The van der Waals surface area contributed by atoms with E-state index in [2.05, 4.69) is 5.10 Å². The van der Waals surface area contributed by atoms with Crippen LogP contribution >= 0.6 is 0 Å². The summed E-state index contributed by atoms with van der Waals surface area (Å²) in [6.07, 6.45) is -2.89. The maximum atomic E-state index is 12.9. The Morgan fingerprint density at radius 2 is 2.04 bits per heavy atom. The fourth-order valence-corrected chi connectivity index (χ4v) is 2.58. The second-order valence-corrected chi connectivity index (χ2v) is 5.69. The van der Waals surface area contributed by atoms with Crippen molar-refractivity contribution < 1.29 is 22.7 Å². The minimum atomic E-state index is -4.49. The molecular formula is C16H15F3N2O3. The first-order valence-corrected chi connectivity index (χ1v) is 7.59. The van der Waals surface area contributed by atoms with E-state index in [1.807, 2.05) is 0 Å². The molecule has 1 aromatic carbocycles. The second kappa shape index (κ2) is 5.92. The van der Waals surface area contributed by atoms with Crippen molar-refractivity contribution in [3.63, 3.8) is 0 Å². The summed E-state index contributed by atoms with van der Waals surface area (Å²) in [6.45, 7) is 1.46. The molecule has 0 spiro atoms. The van der Waals surface area contributed by atoms with E-state index in [4.69, 9.17) is 4.74 Å². The van der Waals surface area contributed by atoms with Crippen LogP contribution in [0.3, 0.4) is 0 Å². The molecular weight excluding hydrogens is 325 g/mol. The Morgan fingerprint density at radius 3 is 2.62 bits per heavy atom.